The number of aryl methyl sites for hydroxylation is 1. The molecule has 0 aliphatic rings. The second-order valence-electron chi connectivity index (χ2n) is 2.80. The van der Waals surface area contributed by atoms with E-state index in [1.165, 1.54) is 6.92 Å². The summed E-state index contributed by atoms with van der Waals surface area (Å²) in [6.07, 6.45) is 3.30. The predicted molar refractivity (Wildman–Crippen MR) is 49.4 cm³/mol. The van der Waals surface area contributed by atoms with Gasteiger partial charge in [0.25, 0.3) is 0 Å². The Morgan fingerprint density at radius 2 is 2.31 bits per heavy atom. The number of hydrogen-bond acceptors (Lipinski definition) is 3. The van der Waals surface area contributed by atoms with Crippen molar-refractivity contribution in [2.45, 2.75) is 25.6 Å². The van der Waals surface area contributed by atoms with Gasteiger partial charge in [-0.05, 0) is 13.8 Å². The molecule has 0 aromatic carbocycles. The third-order valence-corrected chi connectivity index (χ3v) is 3.14. The maximum atomic E-state index is 11.0. The molecule has 0 radical (unpaired) electrons. The van der Waals surface area contributed by atoms with Crippen molar-refractivity contribution < 1.29 is 8.42 Å². The van der Waals surface area contributed by atoms with Crippen LogP contribution in [0.1, 0.15) is 24.9 Å². The Hall–Kier alpha value is -0.880. The second-order valence-corrected chi connectivity index (χ2v) is 4.69. The Bertz CT molecular complexity index is 382. The molecule has 0 aliphatic carbocycles. The van der Waals surface area contributed by atoms with Crippen molar-refractivity contribution in [3.05, 3.63) is 18.2 Å². The lowest BCUT2D eigenvalue weighted by Crippen LogP contribution is -2.22. The van der Waals surface area contributed by atoms with Crippen LogP contribution in [0.5, 0.6) is 0 Å². The minimum absolute atomic E-state index is 0.491. The van der Waals surface area contributed by atoms with Crippen molar-refractivity contribution in [1.82, 2.24) is 9.55 Å². The van der Waals surface area contributed by atoms with Gasteiger partial charge < -0.3 is 4.57 Å². The van der Waals surface area contributed by atoms with Gasteiger partial charge in [-0.3, -0.25) is 0 Å². The van der Waals surface area contributed by atoms with E-state index in [1.807, 2.05) is 6.92 Å². The molecular formula is C7H13N3O2S. The highest BCUT2D eigenvalue weighted by Crippen LogP contribution is 2.16. The van der Waals surface area contributed by atoms with Crippen molar-refractivity contribution in [1.29, 1.82) is 0 Å². The van der Waals surface area contributed by atoms with Gasteiger partial charge in [-0.15, -0.1) is 0 Å². The third-order valence-electron chi connectivity index (χ3n) is 1.94. The first kappa shape index (κ1) is 10.2. The number of aromatic nitrogens is 2. The molecule has 1 rings (SSSR count). The number of primary sulfonamides is 1. The van der Waals surface area contributed by atoms with E-state index in [9.17, 15) is 8.42 Å². The lowest BCUT2D eigenvalue weighted by molar-refractivity contribution is 0.578. The fourth-order valence-electron chi connectivity index (χ4n) is 1.09. The first-order valence-electron chi connectivity index (χ1n) is 3.99. The Morgan fingerprint density at radius 1 is 1.69 bits per heavy atom. The first-order chi connectivity index (χ1) is 5.96. The third kappa shape index (κ3) is 2.07. The molecule has 0 saturated carbocycles. The molecule has 1 atom stereocenters. The van der Waals surface area contributed by atoms with E-state index in [1.54, 1.807) is 17.0 Å². The summed E-state index contributed by atoms with van der Waals surface area (Å²) in [5, 5.41) is 4.26. The molecule has 0 spiro atoms. The molecule has 0 unspecified atom stereocenters. The topological polar surface area (TPSA) is 78.0 Å². The normalized spacial score (nSPS) is 14.4. The second kappa shape index (κ2) is 3.47. The number of sulfonamides is 1. The van der Waals surface area contributed by atoms with E-state index in [2.05, 4.69) is 4.98 Å². The summed E-state index contributed by atoms with van der Waals surface area (Å²) in [4.78, 5) is 3.96. The Balaban J connectivity index is 3.08. The van der Waals surface area contributed by atoms with Crippen LogP contribution in [0.15, 0.2) is 12.4 Å². The van der Waals surface area contributed by atoms with Crippen molar-refractivity contribution in [2.24, 2.45) is 5.14 Å². The molecule has 74 valence electrons. The number of hydrogen-bond donors (Lipinski definition) is 1. The summed E-state index contributed by atoms with van der Waals surface area (Å²) in [6, 6.07) is 0. The summed E-state index contributed by atoms with van der Waals surface area (Å²) in [6.45, 7) is 4.14. The van der Waals surface area contributed by atoms with E-state index >= 15 is 0 Å². The average molecular weight is 203 g/mol. The first-order valence-corrected chi connectivity index (χ1v) is 5.60. The highest BCUT2D eigenvalue weighted by Gasteiger charge is 2.21. The smallest absolute Gasteiger partial charge is 0.218 e. The maximum absolute atomic E-state index is 11.0. The molecule has 0 amide bonds. The van der Waals surface area contributed by atoms with Crippen LogP contribution >= 0.6 is 0 Å². The summed E-state index contributed by atoms with van der Waals surface area (Å²) in [5.74, 6) is 0.491. The van der Waals surface area contributed by atoms with E-state index in [-0.39, 0.29) is 0 Å². The lowest BCUT2D eigenvalue weighted by atomic mass is 10.4. The highest BCUT2D eigenvalue weighted by atomic mass is 32.2. The lowest BCUT2D eigenvalue weighted by Gasteiger charge is -2.10. The number of imidazole rings is 1. The van der Waals surface area contributed by atoms with Crippen molar-refractivity contribution in [3.63, 3.8) is 0 Å². The van der Waals surface area contributed by atoms with Gasteiger partial charge in [-0.2, -0.15) is 0 Å². The van der Waals surface area contributed by atoms with Gasteiger partial charge in [0.05, 0.1) is 0 Å². The maximum Gasteiger partial charge on any atom is 0.218 e. The van der Waals surface area contributed by atoms with Gasteiger partial charge in [0.15, 0.2) is 0 Å². The molecule has 1 aromatic heterocycles. The van der Waals surface area contributed by atoms with Crippen LogP contribution < -0.4 is 5.14 Å². The van der Waals surface area contributed by atoms with Crippen LogP contribution in [-0.4, -0.2) is 18.0 Å². The minimum Gasteiger partial charge on any atom is -0.334 e. The van der Waals surface area contributed by atoms with Gasteiger partial charge in [-0.25, -0.2) is 18.5 Å². The molecule has 0 saturated heterocycles. The zero-order valence-electron chi connectivity index (χ0n) is 7.64. The van der Waals surface area contributed by atoms with Crippen LogP contribution in [0.4, 0.5) is 0 Å². The molecule has 1 aromatic rings. The fraction of sp³-hybridized carbons (Fsp3) is 0.571. The Kier molecular flexibility index (Phi) is 2.72. The number of nitrogens with zero attached hydrogens (tertiary/aromatic N) is 2. The van der Waals surface area contributed by atoms with Crippen LogP contribution in [0, 0.1) is 0 Å². The van der Waals surface area contributed by atoms with E-state index < -0.39 is 15.3 Å². The standard InChI is InChI=1S/C7H13N3O2S/c1-3-10-5-4-9-7(10)6(2)13(8,11)12/h4-6H,3H2,1-2H3,(H2,8,11,12)/t6-/m1/s1. The fourth-order valence-corrected chi connectivity index (χ4v) is 1.58. The van der Waals surface area contributed by atoms with Gasteiger partial charge in [0.2, 0.25) is 10.0 Å². The Labute approximate surface area is 77.6 Å². The van der Waals surface area contributed by atoms with Crippen LogP contribution in [0.2, 0.25) is 0 Å². The van der Waals surface area contributed by atoms with Crippen molar-refractivity contribution in [3.8, 4) is 0 Å². The zero-order valence-corrected chi connectivity index (χ0v) is 8.45. The van der Waals surface area contributed by atoms with E-state index in [4.69, 9.17) is 5.14 Å². The van der Waals surface area contributed by atoms with Gasteiger partial charge in [0, 0.05) is 18.9 Å². The molecule has 13 heavy (non-hydrogen) atoms. The minimum atomic E-state index is -3.54. The predicted octanol–water partition coefficient (Wildman–Crippen LogP) is 0.253. The molecule has 1 heterocycles. The van der Waals surface area contributed by atoms with Crippen LogP contribution in [0.25, 0.3) is 0 Å². The zero-order chi connectivity index (χ0) is 10.1. The number of nitrogens with two attached hydrogens (primary N) is 1. The number of rotatable bonds is 3. The van der Waals surface area contributed by atoms with Gasteiger partial charge in [-0.1, -0.05) is 0 Å². The summed E-state index contributed by atoms with van der Waals surface area (Å²) < 4.78 is 23.8. The summed E-state index contributed by atoms with van der Waals surface area (Å²) in [5.41, 5.74) is 0. The van der Waals surface area contributed by atoms with Crippen LogP contribution in [0.3, 0.4) is 0 Å². The monoisotopic (exact) mass is 203 g/mol. The summed E-state index contributed by atoms with van der Waals surface area (Å²) >= 11 is 0. The van der Waals surface area contributed by atoms with Crippen molar-refractivity contribution in [2.75, 3.05) is 0 Å². The van der Waals surface area contributed by atoms with Gasteiger partial charge >= 0.3 is 0 Å². The van der Waals surface area contributed by atoms with Crippen LogP contribution in [-0.2, 0) is 16.6 Å². The average Bonchev–Trinajstić information content (AvgIpc) is 2.48. The quantitative estimate of drug-likeness (QED) is 0.765. The molecule has 5 nitrogen and oxygen atoms in total. The van der Waals surface area contributed by atoms with Crippen molar-refractivity contribution >= 4 is 10.0 Å². The molecule has 2 N–H and O–H groups in total. The highest BCUT2D eigenvalue weighted by molar-refractivity contribution is 7.89. The largest absolute Gasteiger partial charge is 0.334 e. The van der Waals surface area contributed by atoms with E-state index in [0.29, 0.717) is 12.4 Å². The molecule has 0 aliphatic heterocycles. The van der Waals surface area contributed by atoms with E-state index in [0.717, 1.165) is 0 Å². The summed E-state index contributed by atoms with van der Waals surface area (Å²) in [7, 11) is -3.54. The molecular weight excluding hydrogens is 190 g/mol. The molecule has 0 bridgehead atoms. The Morgan fingerprint density at radius 3 is 2.77 bits per heavy atom. The SMILES string of the molecule is CCn1ccnc1[C@@H](C)S(N)(=O)=O. The molecule has 6 heteroatoms. The molecule has 0 fully saturated rings. The van der Waals surface area contributed by atoms with Gasteiger partial charge in [0.1, 0.15) is 11.1 Å².